The van der Waals surface area contributed by atoms with E-state index in [1.165, 1.54) is 6.42 Å². The number of guanidine groups is 1. The maximum absolute atomic E-state index is 5.91. The van der Waals surface area contributed by atoms with Crippen LogP contribution in [0.2, 0.25) is 0 Å². The maximum Gasteiger partial charge on any atom is 0.192 e. The van der Waals surface area contributed by atoms with E-state index in [1.54, 1.807) is 7.11 Å². The van der Waals surface area contributed by atoms with Crippen molar-refractivity contribution in [3.63, 3.8) is 0 Å². The van der Waals surface area contributed by atoms with Gasteiger partial charge in [-0.15, -0.1) is 0 Å². The Kier molecular flexibility index (Phi) is 5.24. The fraction of sp³-hybridized carbons (Fsp3) is 0.526. The molecule has 2 fully saturated rings. The summed E-state index contributed by atoms with van der Waals surface area (Å²) in [6.45, 7) is 3.30. The van der Waals surface area contributed by atoms with E-state index in [1.807, 2.05) is 24.3 Å². The van der Waals surface area contributed by atoms with Crippen LogP contribution in [-0.4, -0.2) is 53.0 Å². The zero-order valence-electron chi connectivity index (χ0n) is 15.7. The number of nitrogens with zero attached hydrogens (tertiary/aromatic N) is 3. The van der Waals surface area contributed by atoms with Gasteiger partial charge in [0, 0.05) is 12.1 Å². The normalized spacial score (nSPS) is 24.2. The minimum absolute atomic E-state index is 0.311. The van der Waals surface area contributed by atoms with Gasteiger partial charge in [-0.25, -0.2) is 9.98 Å². The van der Waals surface area contributed by atoms with E-state index in [9.17, 15) is 0 Å². The third-order valence-corrected chi connectivity index (χ3v) is 5.04. The Hall–Kier alpha value is -2.61. The van der Waals surface area contributed by atoms with Crippen molar-refractivity contribution in [2.75, 3.05) is 13.7 Å². The van der Waals surface area contributed by atoms with Gasteiger partial charge in [0.2, 0.25) is 0 Å². The van der Waals surface area contributed by atoms with Crippen LogP contribution in [0.4, 0.5) is 0 Å². The van der Waals surface area contributed by atoms with Gasteiger partial charge >= 0.3 is 0 Å². The molecule has 2 bridgehead atoms. The standard InChI is InChI=1S/C19H26N6O2/c1-3-20-19(22-15-10-14-8-9-16(15)27-14)21-11-17-23-18(25-24-17)12-4-6-13(26-2)7-5-12/h4-7,14-16H,3,8-11H2,1-2H3,(H2,20,21,22)(H,23,24,25). The van der Waals surface area contributed by atoms with E-state index in [0.717, 1.165) is 42.5 Å². The maximum atomic E-state index is 5.91. The number of hydrogen-bond acceptors (Lipinski definition) is 5. The van der Waals surface area contributed by atoms with Crippen LogP contribution >= 0.6 is 0 Å². The number of aromatic amines is 1. The number of fused-ring (bicyclic) bond motifs is 2. The molecule has 3 atom stereocenters. The lowest BCUT2D eigenvalue weighted by atomic mass is 9.96. The van der Waals surface area contributed by atoms with Crippen LogP contribution in [0, 0.1) is 0 Å². The highest BCUT2D eigenvalue weighted by atomic mass is 16.5. The largest absolute Gasteiger partial charge is 0.497 e. The lowest BCUT2D eigenvalue weighted by Gasteiger charge is -2.22. The van der Waals surface area contributed by atoms with Crippen molar-refractivity contribution in [2.24, 2.45) is 4.99 Å². The molecule has 3 unspecified atom stereocenters. The number of ether oxygens (including phenoxy) is 2. The van der Waals surface area contributed by atoms with Crippen LogP contribution in [0.5, 0.6) is 5.75 Å². The quantitative estimate of drug-likeness (QED) is 0.530. The molecule has 4 rings (SSSR count). The molecule has 27 heavy (non-hydrogen) atoms. The molecule has 0 radical (unpaired) electrons. The average Bonchev–Trinajstić information content (AvgIpc) is 3.43. The summed E-state index contributed by atoms with van der Waals surface area (Å²) in [5.41, 5.74) is 0.937. The minimum Gasteiger partial charge on any atom is -0.497 e. The van der Waals surface area contributed by atoms with E-state index in [2.05, 4.69) is 37.7 Å². The Balaban J connectivity index is 1.40. The topological polar surface area (TPSA) is 96.5 Å². The molecular weight excluding hydrogens is 344 g/mol. The molecule has 144 valence electrons. The number of aliphatic imine (C=N–C) groups is 1. The molecule has 0 aliphatic carbocycles. The molecule has 2 aliphatic heterocycles. The van der Waals surface area contributed by atoms with Gasteiger partial charge in [-0.3, -0.25) is 5.10 Å². The number of rotatable bonds is 6. The lowest BCUT2D eigenvalue weighted by Crippen LogP contribution is -2.47. The number of methoxy groups -OCH3 is 1. The van der Waals surface area contributed by atoms with Crippen LogP contribution < -0.4 is 15.4 Å². The third-order valence-electron chi connectivity index (χ3n) is 5.04. The minimum atomic E-state index is 0.311. The third kappa shape index (κ3) is 4.05. The molecule has 0 spiro atoms. The summed E-state index contributed by atoms with van der Waals surface area (Å²) in [6.07, 6.45) is 4.10. The molecule has 8 heteroatoms. The Morgan fingerprint density at radius 2 is 2.19 bits per heavy atom. The van der Waals surface area contributed by atoms with Crippen LogP contribution in [-0.2, 0) is 11.3 Å². The second-order valence-electron chi connectivity index (χ2n) is 6.89. The number of hydrogen-bond donors (Lipinski definition) is 3. The highest BCUT2D eigenvalue weighted by Crippen LogP contribution is 2.34. The smallest absolute Gasteiger partial charge is 0.192 e. The monoisotopic (exact) mass is 370 g/mol. The lowest BCUT2D eigenvalue weighted by molar-refractivity contribution is 0.0992. The van der Waals surface area contributed by atoms with Crippen molar-refractivity contribution in [3.05, 3.63) is 30.1 Å². The molecule has 2 aromatic rings. The zero-order valence-corrected chi connectivity index (χ0v) is 15.7. The SMILES string of the molecule is CCNC(=NCc1nc(-c2ccc(OC)cc2)n[nH]1)NC1CC2CCC1O2. The van der Waals surface area contributed by atoms with E-state index in [-0.39, 0.29) is 0 Å². The van der Waals surface area contributed by atoms with Gasteiger partial charge in [-0.05, 0) is 50.5 Å². The van der Waals surface area contributed by atoms with E-state index >= 15 is 0 Å². The Labute approximate surface area is 158 Å². The predicted octanol–water partition coefficient (Wildman–Crippen LogP) is 1.86. The number of aromatic nitrogens is 3. The average molecular weight is 370 g/mol. The van der Waals surface area contributed by atoms with E-state index in [0.29, 0.717) is 30.6 Å². The van der Waals surface area contributed by atoms with Crippen molar-refractivity contribution in [1.29, 1.82) is 0 Å². The fourth-order valence-electron chi connectivity index (χ4n) is 3.67. The van der Waals surface area contributed by atoms with Gasteiger partial charge < -0.3 is 20.1 Å². The summed E-state index contributed by atoms with van der Waals surface area (Å²) < 4.78 is 11.1. The molecule has 8 nitrogen and oxygen atoms in total. The van der Waals surface area contributed by atoms with Gasteiger partial charge in [-0.1, -0.05) is 0 Å². The summed E-state index contributed by atoms with van der Waals surface area (Å²) >= 11 is 0. The zero-order chi connectivity index (χ0) is 18.6. The van der Waals surface area contributed by atoms with Crippen LogP contribution in [0.1, 0.15) is 32.0 Å². The van der Waals surface area contributed by atoms with Gasteiger partial charge in [0.25, 0.3) is 0 Å². The van der Waals surface area contributed by atoms with Crippen molar-refractivity contribution >= 4 is 5.96 Å². The summed E-state index contributed by atoms with van der Waals surface area (Å²) in [5.74, 6) is 2.98. The first-order chi connectivity index (χ1) is 13.2. The molecule has 3 N–H and O–H groups in total. The van der Waals surface area contributed by atoms with Crippen molar-refractivity contribution in [3.8, 4) is 17.1 Å². The Morgan fingerprint density at radius 3 is 2.85 bits per heavy atom. The van der Waals surface area contributed by atoms with Crippen molar-refractivity contribution in [1.82, 2.24) is 25.8 Å². The molecule has 1 aromatic heterocycles. The van der Waals surface area contributed by atoms with Gasteiger partial charge in [0.1, 0.15) is 18.1 Å². The second-order valence-corrected chi connectivity index (χ2v) is 6.89. The van der Waals surface area contributed by atoms with Gasteiger partial charge in [-0.2, -0.15) is 5.10 Å². The van der Waals surface area contributed by atoms with Gasteiger partial charge in [0.15, 0.2) is 11.8 Å². The fourth-order valence-corrected chi connectivity index (χ4v) is 3.67. The van der Waals surface area contributed by atoms with Crippen molar-refractivity contribution < 1.29 is 9.47 Å². The summed E-state index contributed by atoms with van der Waals surface area (Å²) in [6, 6.07) is 8.01. The van der Waals surface area contributed by atoms with E-state index in [4.69, 9.17) is 9.47 Å². The summed E-state index contributed by atoms with van der Waals surface area (Å²) in [5, 5.41) is 14.1. The highest BCUT2D eigenvalue weighted by molar-refractivity contribution is 5.80. The number of benzene rings is 1. The van der Waals surface area contributed by atoms with E-state index < -0.39 is 0 Å². The molecule has 0 saturated carbocycles. The first kappa shape index (κ1) is 17.8. The van der Waals surface area contributed by atoms with Crippen LogP contribution in [0.15, 0.2) is 29.3 Å². The molecule has 1 aromatic carbocycles. The van der Waals surface area contributed by atoms with Crippen LogP contribution in [0.25, 0.3) is 11.4 Å². The first-order valence-electron chi connectivity index (χ1n) is 9.51. The van der Waals surface area contributed by atoms with Gasteiger partial charge in [0.05, 0.1) is 25.4 Å². The van der Waals surface area contributed by atoms with Crippen molar-refractivity contribution in [2.45, 2.75) is 51.0 Å². The first-order valence-corrected chi connectivity index (χ1v) is 9.51. The number of nitrogens with one attached hydrogen (secondary N) is 3. The molecule has 3 heterocycles. The number of H-pyrrole nitrogens is 1. The molecule has 2 saturated heterocycles. The predicted molar refractivity (Wildman–Crippen MR) is 103 cm³/mol. The summed E-state index contributed by atoms with van der Waals surface area (Å²) in [7, 11) is 1.65. The highest BCUT2D eigenvalue weighted by Gasteiger charge is 2.41. The molecule has 2 aliphatic rings. The Bertz CT molecular complexity index is 788. The van der Waals surface area contributed by atoms with Crippen LogP contribution in [0.3, 0.4) is 0 Å². The molecular formula is C19H26N6O2. The Morgan fingerprint density at radius 1 is 1.33 bits per heavy atom. The second kappa shape index (κ2) is 7.96. The molecule has 0 amide bonds. The summed E-state index contributed by atoms with van der Waals surface area (Å²) in [4.78, 5) is 9.19.